The number of nitrogens with zero attached hydrogens (tertiary/aromatic N) is 2. The third-order valence-electron chi connectivity index (χ3n) is 4.35. The Morgan fingerprint density at radius 1 is 1.15 bits per heavy atom. The van der Waals surface area contributed by atoms with Crippen molar-refractivity contribution in [2.75, 3.05) is 16.8 Å². The Bertz CT molecular complexity index is 939. The van der Waals surface area contributed by atoms with Crippen molar-refractivity contribution in [3.05, 3.63) is 76.2 Å². The Balaban J connectivity index is 1.58. The molecule has 0 saturated heterocycles. The summed E-state index contributed by atoms with van der Waals surface area (Å²) in [6.07, 6.45) is 5.02. The summed E-state index contributed by atoms with van der Waals surface area (Å²) in [6.45, 7) is 0.682. The van der Waals surface area contributed by atoms with E-state index in [1.807, 2.05) is 29.6 Å². The second-order valence-electron chi connectivity index (χ2n) is 6.08. The summed E-state index contributed by atoms with van der Waals surface area (Å²) in [7, 11) is 0. The van der Waals surface area contributed by atoms with Crippen LogP contribution in [0.1, 0.15) is 32.0 Å². The number of carbonyl (C=O) groups excluding carboxylic acids is 2. The van der Waals surface area contributed by atoms with E-state index in [4.69, 9.17) is 0 Å². The smallest absolute Gasteiger partial charge is 0.265 e. The molecule has 0 unspecified atom stereocenters. The fourth-order valence-electron chi connectivity index (χ4n) is 3.13. The predicted molar refractivity (Wildman–Crippen MR) is 103 cm³/mol. The first kappa shape index (κ1) is 16.5. The van der Waals surface area contributed by atoms with Crippen molar-refractivity contribution >= 4 is 34.5 Å². The number of benzene rings is 1. The Morgan fingerprint density at radius 3 is 2.85 bits per heavy atom. The number of anilines is 2. The highest BCUT2D eigenvalue weighted by Crippen LogP contribution is 2.31. The predicted octanol–water partition coefficient (Wildman–Crippen LogP) is 3.99. The van der Waals surface area contributed by atoms with Crippen LogP contribution in [0.15, 0.2) is 60.2 Å². The molecule has 0 spiro atoms. The number of pyridine rings is 1. The van der Waals surface area contributed by atoms with Crippen molar-refractivity contribution in [1.82, 2.24) is 4.98 Å². The Morgan fingerprint density at radius 2 is 2.08 bits per heavy atom. The molecule has 0 atom stereocenters. The molecule has 130 valence electrons. The summed E-state index contributed by atoms with van der Waals surface area (Å²) in [5.74, 6) is -0.159. The van der Waals surface area contributed by atoms with Crippen LogP contribution in [-0.2, 0) is 6.42 Å². The number of aryl methyl sites for hydroxylation is 1. The van der Waals surface area contributed by atoms with Crippen molar-refractivity contribution in [2.24, 2.45) is 0 Å². The molecule has 6 heteroatoms. The molecule has 0 saturated carbocycles. The van der Waals surface area contributed by atoms with Crippen LogP contribution < -0.4 is 10.2 Å². The maximum atomic E-state index is 12.8. The van der Waals surface area contributed by atoms with Crippen LogP contribution in [0.5, 0.6) is 0 Å². The molecule has 5 nitrogen and oxygen atoms in total. The number of nitrogens with one attached hydrogen (secondary N) is 1. The molecule has 0 aliphatic carbocycles. The first-order valence-electron chi connectivity index (χ1n) is 8.42. The minimum Gasteiger partial charge on any atom is -0.321 e. The van der Waals surface area contributed by atoms with Gasteiger partial charge in [-0.1, -0.05) is 6.07 Å². The van der Waals surface area contributed by atoms with Gasteiger partial charge in [-0.2, -0.15) is 0 Å². The van der Waals surface area contributed by atoms with E-state index in [-0.39, 0.29) is 11.8 Å². The monoisotopic (exact) mass is 363 g/mol. The Labute approximate surface area is 155 Å². The highest BCUT2D eigenvalue weighted by atomic mass is 32.1. The van der Waals surface area contributed by atoms with Crippen LogP contribution >= 0.6 is 11.3 Å². The van der Waals surface area contributed by atoms with Gasteiger partial charge in [0.25, 0.3) is 11.8 Å². The van der Waals surface area contributed by atoms with Crippen LogP contribution in [0, 0.1) is 0 Å². The zero-order valence-electron chi connectivity index (χ0n) is 14.0. The number of carbonyl (C=O) groups is 2. The first-order valence-corrected chi connectivity index (χ1v) is 9.30. The lowest BCUT2D eigenvalue weighted by Gasteiger charge is -2.30. The van der Waals surface area contributed by atoms with Crippen molar-refractivity contribution in [3.63, 3.8) is 0 Å². The summed E-state index contributed by atoms with van der Waals surface area (Å²) in [5, 5.41) is 4.81. The van der Waals surface area contributed by atoms with Crippen LogP contribution in [0.2, 0.25) is 0 Å². The van der Waals surface area contributed by atoms with E-state index >= 15 is 0 Å². The molecule has 3 heterocycles. The van der Waals surface area contributed by atoms with E-state index in [0.29, 0.717) is 17.0 Å². The average Bonchev–Trinajstić information content (AvgIpc) is 3.22. The summed E-state index contributed by atoms with van der Waals surface area (Å²) >= 11 is 1.41. The van der Waals surface area contributed by atoms with Crippen molar-refractivity contribution in [2.45, 2.75) is 12.8 Å². The maximum absolute atomic E-state index is 12.8. The van der Waals surface area contributed by atoms with E-state index in [1.54, 1.807) is 35.5 Å². The number of aromatic nitrogens is 1. The van der Waals surface area contributed by atoms with E-state index in [2.05, 4.69) is 10.3 Å². The molecule has 1 aliphatic rings. The topological polar surface area (TPSA) is 62.3 Å². The molecule has 2 amide bonds. The van der Waals surface area contributed by atoms with Gasteiger partial charge in [0, 0.05) is 30.3 Å². The van der Waals surface area contributed by atoms with Gasteiger partial charge in [-0.25, -0.2) is 0 Å². The standard InChI is InChI=1S/C20H17N3O2S/c24-19(18-6-3-11-26-18)22-16-7-8-17-14(12-16)5-2-10-23(17)20(25)15-4-1-9-21-13-15/h1,3-4,6-9,11-13H,2,5,10H2,(H,22,24). The zero-order valence-corrected chi connectivity index (χ0v) is 14.8. The number of hydrogen-bond donors (Lipinski definition) is 1. The van der Waals surface area contributed by atoms with Gasteiger partial charge in [-0.15, -0.1) is 11.3 Å². The fourth-order valence-corrected chi connectivity index (χ4v) is 3.75. The number of amides is 2. The van der Waals surface area contributed by atoms with Gasteiger partial charge in [0.15, 0.2) is 0 Å². The van der Waals surface area contributed by atoms with Gasteiger partial charge < -0.3 is 10.2 Å². The second-order valence-corrected chi connectivity index (χ2v) is 7.02. The molecule has 3 aromatic rings. The molecular weight excluding hydrogens is 346 g/mol. The minimum atomic E-state index is -0.112. The average molecular weight is 363 g/mol. The molecular formula is C20H17N3O2S. The van der Waals surface area contributed by atoms with Gasteiger partial charge in [0.1, 0.15) is 0 Å². The Kier molecular flexibility index (Phi) is 4.50. The molecule has 2 aromatic heterocycles. The van der Waals surface area contributed by atoms with Crippen molar-refractivity contribution < 1.29 is 9.59 Å². The normalized spacial score (nSPS) is 13.2. The number of thiophene rings is 1. The van der Waals surface area contributed by atoms with Gasteiger partial charge in [-0.05, 0) is 60.2 Å². The highest BCUT2D eigenvalue weighted by Gasteiger charge is 2.24. The van der Waals surface area contributed by atoms with Gasteiger partial charge in [0.2, 0.25) is 0 Å². The van der Waals surface area contributed by atoms with Gasteiger partial charge in [0.05, 0.1) is 10.4 Å². The lowest BCUT2D eigenvalue weighted by molar-refractivity contribution is 0.0983. The van der Waals surface area contributed by atoms with Gasteiger partial charge >= 0.3 is 0 Å². The summed E-state index contributed by atoms with van der Waals surface area (Å²) in [4.78, 5) is 31.5. The third kappa shape index (κ3) is 3.23. The van der Waals surface area contributed by atoms with Crippen LogP contribution in [-0.4, -0.2) is 23.3 Å². The highest BCUT2D eigenvalue weighted by molar-refractivity contribution is 7.12. The lowest BCUT2D eigenvalue weighted by atomic mass is 10.00. The molecule has 0 bridgehead atoms. The minimum absolute atomic E-state index is 0.0468. The second kappa shape index (κ2) is 7.09. The zero-order chi connectivity index (χ0) is 17.9. The van der Waals surface area contributed by atoms with Crippen LogP contribution in [0.25, 0.3) is 0 Å². The third-order valence-corrected chi connectivity index (χ3v) is 5.22. The fraction of sp³-hybridized carbons (Fsp3) is 0.150. The molecule has 4 rings (SSSR count). The van der Waals surface area contributed by atoms with Gasteiger partial charge in [-0.3, -0.25) is 14.6 Å². The molecule has 0 fully saturated rings. The summed E-state index contributed by atoms with van der Waals surface area (Å²) in [5.41, 5.74) is 3.30. The molecule has 0 radical (unpaired) electrons. The van der Waals surface area contributed by atoms with E-state index in [9.17, 15) is 9.59 Å². The van der Waals surface area contributed by atoms with Crippen LogP contribution in [0.4, 0.5) is 11.4 Å². The van der Waals surface area contributed by atoms with Crippen molar-refractivity contribution in [1.29, 1.82) is 0 Å². The maximum Gasteiger partial charge on any atom is 0.265 e. The molecule has 1 aliphatic heterocycles. The number of fused-ring (bicyclic) bond motifs is 1. The van der Waals surface area contributed by atoms with E-state index in [1.165, 1.54) is 11.3 Å². The SMILES string of the molecule is O=C(Nc1ccc2c(c1)CCCN2C(=O)c1cccnc1)c1cccs1. The Hall–Kier alpha value is -2.99. The lowest BCUT2D eigenvalue weighted by Crippen LogP contribution is -2.35. The van der Waals surface area contributed by atoms with Crippen molar-refractivity contribution in [3.8, 4) is 0 Å². The van der Waals surface area contributed by atoms with Crippen LogP contribution in [0.3, 0.4) is 0 Å². The molecule has 1 aromatic carbocycles. The number of hydrogen-bond acceptors (Lipinski definition) is 4. The molecule has 26 heavy (non-hydrogen) atoms. The number of rotatable bonds is 3. The molecule has 1 N–H and O–H groups in total. The first-order chi connectivity index (χ1) is 12.7. The quantitative estimate of drug-likeness (QED) is 0.765. The summed E-state index contributed by atoms with van der Waals surface area (Å²) in [6, 6.07) is 12.9. The summed E-state index contributed by atoms with van der Waals surface area (Å²) < 4.78 is 0. The largest absolute Gasteiger partial charge is 0.321 e. The van der Waals surface area contributed by atoms with E-state index < -0.39 is 0 Å². The van der Waals surface area contributed by atoms with E-state index in [0.717, 1.165) is 29.8 Å².